The molecule has 23 heavy (non-hydrogen) atoms. The first-order chi connectivity index (χ1) is 11.3. The minimum Gasteiger partial charge on any atom is -0.419 e. The van der Waals surface area contributed by atoms with Gasteiger partial charge in [0.1, 0.15) is 6.33 Å². The van der Waals surface area contributed by atoms with Crippen LogP contribution in [0.3, 0.4) is 0 Å². The molecule has 1 aliphatic heterocycles. The van der Waals surface area contributed by atoms with E-state index in [9.17, 15) is 0 Å². The van der Waals surface area contributed by atoms with Crippen molar-refractivity contribution in [2.24, 2.45) is 0 Å². The van der Waals surface area contributed by atoms with Crippen LogP contribution in [-0.4, -0.2) is 31.6 Å². The van der Waals surface area contributed by atoms with E-state index >= 15 is 0 Å². The molecule has 0 bridgehead atoms. The second-order valence-electron chi connectivity index (χ2n) is 5.82. The van der Waals surface area contributed by atoms with Gasteiger partial charge >= 0.3 is 0 Å². The van der Waals surface area contributed by atoms with Gasteiger partial charge in [0.05, 0.1) is 12.2 Å². The van der Waals surface area contributed by atoms with Crippen molar-refractivity contribution in [3.05, 3.63) is 59.5 Å². The minimum absolute atomic E-state index is 0.569. The van der Waals surface area contributed by atoms with Crippen LogP contribution in [-0.2, 0) is 19.5 Å². The van der Waals surface area contributed by atoms with E-state index in [-0.39, 0.29) is 0 Å². The lowest BCUT2D eigenvalue weighted by atomic mass is 10.1. The van der Waals surface area contributed by atoms with Crippen LogP contribution >= 0.6 is 0 Å². The molecule has 0 unspecified atom stereocenters. The first-order valence-electron chi connectivity index (χ1n) is 7.67. The van der Waals surface area contributed by atoms with Crippen molar-refractivity contribution in [2.45, 2.75) is 26.4 Å². The Labute approximate surface area is 134 Å². The van der Waals surface area contributed by atoms with Gasteiger partial charge in [0.25, 0.3) is 0 Å². The molecule has 4 rings (SSSR count). The monoisotopic (exact) mass is 307 g/mol. The Hall–Kier alpha value is -2.60. The van der Waals surface area contributed by atoms with E-state index in [1.54, 1.807) is 6.33 Å². The Bertz CT molecular complexity index is 812. The zero-order chi connectivity index (χ0) is 15.6. The summed E-state index contributed by atoms with van der Waals surface area (Å²) in [6.45, 7) is 4.44. The number of fused-ring (bicyclic) bond motifs is 1. The summed E-state index contributed by atoms with van der Waals surface area (Å²) < 4.78 is 5.80. The molecular weight excluding hydrogens is 290 g/mol. The van der Waals surface area contributed by atoms with Crippen LogP contribution in [0.15, 0.2) is 41.2 Å². The zero-order valence-electron chi connectivity index (χ0n) is 12.9. The van der Waals surface area contributed by atoms with Crippen LogP contribution in [0.1, 0.15) is 22.7 Å². The van der Waals surface area contributed by atoms with E-state index < -0.39 is 0 Å². The van der Waals surface area contributed by atoms with Gasteiger partial charge in [-0.25, -0.2) is 9.97 Å². The number of nitrogens with zero attached hydrogens (tertiary/aromatic N) is 5. The molecule has 0 N–H and O–H groups in total. The third-order valence-electron chi connectivity index (χ3n) is 4.08. The standard InChI is InChI=1S/C17H17N5O/c1-12-2-4-13(5-3-12)17-21-20-16(23-17)10-22-7-6-14-8-18-11-19-15(14)9-22/h2-5,8,11H,6-7,9-10H2,1H3. The van der Waals surface area contributed by atoms with Crippen LogP contribution in [0, 0.1) is 6.92 Å². The molecule has 0 fully saturated rings. The summed E-state index contributed by atoms with van der Waals surface area (Å²) in [5.41, 5.74) is 4.48. The lowest BCUT2D eigenvalue weighted by Gasteiger charge is -2.25. The minimum atomic E-state index is 0.569. The van der Waals surface area contributed by atoms with Crippen LogP contribution < -0.4 is 0 Å². The van der Waals surface area contributed by atoms with Gasteiger partial charge in [0.2, 0.25) is 11.8 Å². The third-order valence-corrected chi connectivity index (χ3v) is 4.08. The molecule has 1 aliphatic rings. The Morgan fingerprint density at radius 3 is 2.91 bits per heavy atom. The second-order valence-corrected chi connectivity index (χ2v) is 5.82. The summed E-state index contributed by atoms with van der Waals surface area (Å²) in [5.74, 6) is 1.21. The largest absolute Gasteiger partial charge is 0.419 e. The van der Waals surface area contributed by atoms with Crippen LogP contribution in [0.25, 0.3) is 11.5 Å². The van der Waals surface area contributed by atoms with Crippen molar-refractivity contribution in [1.82, 2.24) is 25.1 Å². The second kappa shape index (κ2) is 5.89. The van der Waals surface area contributed by atoms with E-state index in [0.717, 1.165) is 30.8 Å². The molecule has 0 aliphatic carbocycles. The number of aryl methyl sites for hydroxylation is 1. The number of hydrogen-bond donors (Lipinski definition) is 0. The average Bonchev–Trinajstić information content (AvgIpc) is 3.04. The molecule has 116 valence electrons. The third kappa shape index (κ3) is 2.98. The Balaban J connectivity index is 1.47. The quantitative estimate of drug-likeness (QED) is 0.740. The summed E-state index contributed by atoms with van der Waals surface area (Å²) in [5, 5.41) is 8.33. The van der Waals surface area contributed by atoms with Gasteiger partial charge in [-0.2, -0.15) is 0 Å². The van der Waals surface area contributed by atoms with Crippen molar-refractivity contribution >= 4 is 0 Å². The van der Waals surface area contributed by atoms with Gasteiger partial charge in [-0.1, -0.05) is 17.7 Å². The van der Waals surface area contributed by atoms with Crippen molar-refractivity contribution in [3.63, 3.8) is 0 Å². The van der Waals surface area contributed by atoms with Crippen molar-refractivity contribution in [1.29, 1.82) is 0 Å². The maximum atomic E-state index is 5.80. The maximum Gasteiger partial charge on any atom is 0.247 e. The van der Waals surface area contributed by atoms with Gasteiger partial charge in [0.15, 0.2) is 0 Å². The Morgan fingerprint density at radius 1 is 1.17 bits per heavy atom. The first kappa shape index (κ1) is 14.0. The lowest BCUT2D eigenvalue weighted by molar-refractivity contribution is 0.218. The number of hydrogen-bond acceptors (Lipinski definition) is 6. The normalized spacial score (nSPS) is 14.7. The van der Waals surface area contributed by atoms with Crippen LogP contribution in [0.4, 0.5) is 0 Å². The average molecular weight is 307 g/mol. The van der Waals surface area contributed by atoms with Crippen molar-refractivity contribution in [3.8, 4) is 11.5 Å². The predicted molar refractivity (Wildman–Crippen MR) is 84.3 cm³/mol. The van der Waals surface area contributed by atoms with Crippen molar-refractivity contribution < 1.29 is 4.42 Å². The molecule has 3 heterocycles. The summed E-state index contributed by atoms with van der Waals surface area (Å²) in [6.07, 6.45) is 4.46. The first-order valence-corrected chi connectivity index (χ1v) is 7.67. The number of benzene rings is 1. The summed E-state index contributed by atoms with van der Waals surface area (Å²) in [6, 6.07) is 8.09. The molecular formula is C17H17N5O. The fraction of sp³-hybridized carbons (Fsp3) is 0.294. The Kier molecular flexibility index (Phi) is 3.59. The molecule has 3 aromatic rings. The van der Waals surface area contributed by atoms with Crippen molar-refractivity contribution in [2.75, 3.05) is 6.54 Å². The molecule has 0 atom stereocenters. The molecule has 0 amide bonds. The van der Waals surface area contributed by atoms with Gasteiger partial charge in [-0.3, -0.25) is 4.90 Å². The molecule has 2 aromatic heterocycles. The predicted octanol–water partition coefficient (Wildman–Crippen LogP) is 2.39. The molecule has 0 spiro atoms. The van der Waals surface area contributed by atoms with Crippen LogP contribution in [0.5, 0.6) is 0 Å². The molecule has 1 aromatic carbocycles. The summed E-state index contributed by atoms with van der Waals surface area (Å²) in [7, 11) is 0. The number of rotatable bonds is 3. The highest BCUT2D eigenvalue weighted by atomic mass is 16.4. The van der Waals surface area contributed by atoms with E-state index in [1.165, 1.54) is 11.1 Å². The van der Waals surface area contributed by atoms with Gasteiger partial charge in [-0.15, -0.1) is 10.2 Å². The van der Waals surface area contributed by atoms with Crippen LogP contribution in [0.2, 0.25) is 0 Å². The summed E-state index contributed by atoms with van der Waals surface area (Å²) in [4.78, 5) is 10.7. The Morgan fingerprint density at radius 2 is 2.04 bits per heavy atom. The van der Waals surface area contributed by atoms with E-state index in [4.69, 9.17) is 4.42 Å². The summed E-state index contributed by atoms with van der Waals surface area (Å²) >= 11 is 0. The highest BCUT2D eigenvalue weighted by molar-refractivity contribution is 5.52. The lowest BCUT2D eigenvalue weighted by Crippen LogP contribution is -2.31. The van der Waals surface area contributed by atoms with E-state index in [0.29, 0.717) is 18.3 Å². The van der Waals surface area contributed by atoms with E-state index in [2.05, 4.69) is 32.0 Å². The molecule has 6 nitrogen and oxygen atoms in total. The fourth-order valence-corrected chi connectivity index (χ4v) is 2.76. The fourth-order valence-electron chi connectivity index (χ4n) is 2.76. The highest BCUT2D eigenvalue weighted by Crippen LogP contribution is 2.21. The van der Waals surface area contributed by atoms with Gasteiger partial charge in [0, 0.05) is 24.8 Å². The molecule has 6 heteroatoms. The van der Waals surface area contributed by atoms with E-state index in [1.807, 2.05) is 30.5 Å². The van der Waals surface area contributed by atoms with Gasteiger partial charge in [-0.05, 0) is 31.0 Å². The molecule has 0 saturated heterocycles. The smallest absolute Gasteiger partial charge is 0.247 e. The maximum absolute atomic E-state index is 5.80. The SMILES string of the molecule is Cc1ccc(-c2nnc(CN3CCc4cncnc4C3)o2)cc1. The highest BCUT2D eigenvalue weighted by Gasteiger charge is 2.19. The zero-order valence-corrected chi connectivity index (χ0v) is 12.9. The topological polar surface area (TPSA) is 67.9 Å². The van der Waals surface area contributed by atoms with Gasteiger partial charge < -0.3 is 4.42 Å². The molecule has 0 radical (unpaired) electrons. The molecule has 0 saturated carbocycles. The number of aromatic nitrogens is 4.